The molecule has 1 aliphatic rings. The fraction of sp³-hybridized carbons (Fsp3) is 0.267. The number of carboxylic acids is 1. The number of piperazine rings is 1. The standard InChI is InChI=1S/C15H16N4O2/c20-15(21)12-3-1-2-11(8-12)13-9-14(18-10-17-13)19-6-4-16-5-7-19/h1-3,8-10,16H,4-7H2,(H,20,21). The summed E-state index contributed by atoms with van der Waals surface area (Å²) in [5.74, 6) is -0.0598. The Balaban J connectivity index is 1.92. The molecule has 2 heterocycles. The van der Waals surface area contributed by atoms with Gasteiger partial charge in [0.1, 0.15) is 12.1 Å². The molecule has 3 rings (SSSR count). The van der Waals surface area contributed by atoms with Crippen molar-refractivity contribution in [1.82, 2.24) is 15.3 Å². The highest BCUT2D eigenvalue weighted by atomic mass is 16.4. The second-order valence-corrected chi connectivity index (χ2v) is 4.88. The highest BCUT2D eigenvalue weighted by Crippen LogP contribution is 2.22. The summed E-state index contributed by atoms with van der Waals surface area (Å²) in [4.78, 5) is 21.8. The number of aromatic nitrogens is 2. The molecule has 0 unspecified atom stereocenters. The predicted molar refractivity (Wildman–Crippen MR) is 79.5 cm³/mol. The molecule has 1 aromatic carbocycles. The maximum absolute atomic E-state index is 11.1. The average Bonchev–Trinajstić information content (AvgIpc) is 2.56. The normalized spacial score (nSPS) is 15.0. The average molecular weight is 284 g/mol. The molecule has 1 saturated heterocycles. The number of hydrogen-bond acceptors (Lipinski definition) is 5. The third kappa shape index (κ3) is 3.00. The fourth-order valence-corrected chi connectivity index (χ4v) is 2.38. The van der Waals surface area contributed by atoms with Crippen molar-refractivity contribution >= 4 is 11.8 Å². The SMILES string of the molecule is O=C(O)c1cccc(-c2cc(N3CCNCC3)ncn2)c1. The molecule has 6 heteroatoms. The van der Waals surface area contributed by atoms with Crippen molar-refractivity contribution in [3.63, 3.8) is 0 Å². The molecular weight excluding hydrogens is 268 g/mol. The van der Waals surface area contributed by atoms with E-state index in [1.54, 1.807) is 18.2 Å². The van der Waals surface area contributed by atoms with Crippen LogP contribution in [-0.2, 0) is 0 Å². The molecule has 2 aromatic rings. The third-order valence-corrected chi connectivity index (χ3v) is 3.50. The largest absolute Gasteiger partial charge is 0.478 e. The van der Waals surface area contributed by atoms with Crippen molar-refractivity contribution in [1.29, 1.82) is 0 Å². The zero-order valence-corrected chi connectivity index (χ0v) is 11.5. The van der Waals surface area contributed by atoms with Crippen molar-refractivity contribution in [3.8, 4) is 11.3 Å². The minimum absolute atomic E-state index is 0.259. The molecule has 21 heavy (non-hydrogen) atoms. The summed E-state index contributed by atoms with van der Waals surface area (Å²) in [5, 5.41) is 12.4. The van der Waals surface area contributed by atoms with Crippen LogP contribution in [0.1, 0.15) is 10.4 Å². The summed E-state index contributed by atoms with van der Waals surface area (Å²) in [6.45, 7) is 3.69. The summed E-state index contributed by atoms with van der Waals surface area (Å²) in [6, 6.07) is 8.70. The van der Waals surface area contributed by atoms with E-state index in [0.29, 0.717) is 0 Å². The Morgan fingerprint density at radius 1 is 1.19 bits per heavy atom. The maximum Gasteiger partial charge on any atom is 0.335 e. The molecule has 0 saturated carbocycles. The lowest BCUT2D eigenvalue weighted by Crippen LogP contribution is -2.43. The van der Waals surface area contributed by atoms with Crippen molar-refractivity contribution in [2.75, 3.05) is 31.1 Å². The van der Waals surface area contributed by atoms with Crippen LogP contribution in [0.15, 0.2) is 36.7 Å². The van der Waals surface area contributed by atoms with Gasteiger partial charge in [-0.15, -0.1) is 0 Å². The first kappa shape index (κ1) is 13.5. The van der Waals surface area contributed by atoms with Crippen LogP contribution >= 0.6 is 0 Å². The molecule has 0 amide bonds. The minimum atomic E-state index is -0.937. The van der Waals surface area contributed by atoms with Crippen LogP contribution < -0.4 is 10.2 Å². The van der Waals surface area contributed by atoms with Gasteiger partial charge in [-0.1, -0.05) is 12.1 Å². The summed E-state index contributed by atoms with van der Waals surface area (Å²) >= 11 is 0. The molecule has 1 aromatic heterocycles. The number of carbonyl (C=O) groups is 1. The van der Waals surface area contributed by atoms with E-state index in [-0.39, 0.29) is 5.56 Å². The Hall–Kier alpha value is -2.47. The minimum Gasteiger partial charge on any atom is -0.478 e. The number of anilines is 1. The zero-order valence-electron chi connectivity index (χ0n) is 11.5. The van der Waals surface area contributed by atoms with E-state index < -0.39 is 5.97 Å². The highest BCUT2D eigenvalue weighted by Gasteiger charge is 2.13. The molecule has 1 aliphatic heterocycles. The lowest BCUT2D eigenvalue weighted by Gasteiger charge is -2.28. The van der Waals surface area contributed by atoms with Crippen molar-refractivity contribution in [3.05, 3.63) is 42.2 Å². The molecule has 6 nitrogen and oxygen atoms in total. The van der Waals surface area contributed by atoms with Gasteiger partial charge in [0, 0.05) is 37.8 Å². The van der Waals surface area contributed by atoms with Crippen LogP contribution in [0.4, 0.5) is 5.82 Å². The fourth-order valence-electron chi connectivity index (χ4n) is 2.38. The first-order valence-corrected chi connectivity index (χ1v) is 6.85. The van der Waals surface area contributed by atoms with E-state index in [9.17, 15) is 4.79 Å². The second kappa shape index (κ2) is 5.88. The first-order valence-electron chi connectivity index (χ1n) is 6.85. The lowest BCUT2D eigenvalue weighted by molar-refractivity contribution is 0.0697. The summed E-state index contributed by atoms with van der Waals surface area (Å²) in [5.41, 5.74) is 1.78. The zero-order chi connectivity index (χ0) is 14.7. The molecule has 2 N–H and O–H groups in total. The Kier molecular flexibility index (Phi) is 3.79. The number of aromatic carboxylic acids is 1. The topological polar surface area (TPSA) is 78.4 Å². The molecule has 108 valence electrons. The van der Waals surface area contributed by atoms with Crippen LogP contribution in [0, 0.1) is 0 Å². The van der Waals surface area contributed by atoms with Gasteiger partial charge < -0.3 is 15.3 Å². The van der Waals surface area contributed by atoms with Gasteiger partial charge in [-0.25, -0.2) is 14.8 Å². The number of hydrogen-bond donors (Lipinski definition) is 2. The lowest BCUT2D eigenvalue weighted by atomic mass is 10.1. The Morgan fingerprint density at radius 2 is 2.00 bits per heavy atom. The number of nitrogens with one attached hydrogen (secondary N) is 1. The molecule has 1 fully saturated rings. The van der Waals surface area contributed by atoms with Gasteiger partial charge in [0.15, 0.2) is 0 Å². The van der Waals surface area contributed by atoms with Crippen LogP contribution in [0.25, 0.3) is 11.3 Å². The summed E-state index contributed by atoms with van der Waals surface area (Å²) in [7, 11) is 0. The van der Waals surface area contributed by atoms with Gasteiger partial charge in [-0.05, 0) is 12.1 Å². The Bertz CT molecular complexity index is 654. The van der Waals surface area contributed by atoms with Crippen LogP contribution in [0.2, 0.25) is 0 Å². The molecule has 0 spiro atoms. The maximum atomic E-state index is 11.1. The van der Waals surface area contributed by atoms with Gasteiger partial charge in [0.2, 0.25) is 0 Å². The molecule has 0 aliphatic carbocycles. The third-order valence-electron chi connectivity index (χ3n) is 3.50. The van der Waals surface area contributed by atoms with E-state index in [2.05, 4.69) is 20.2 Å². The number of carboxylic acid groups (broad SMARTS) is 1. The molecule has 0 radical (unpaired) electrons. The van der Waals surface area contributed by atoms with Crippen LogP contribution in [-0.4, -0.2) is 47.2 Å². The second-order valence-electron chi connectivity index (χ2n) is 4.88. The smallest absolute Gasteiger partial charge is 0.335 e. The van der Waals surface area contributed by atoms with Gasteiger partial charge in [-0.3, -0.25) is 0 Å². The Morgan fingerprint density at radius 3 is 2.76 bits per heavy atom. The quantitative estimate of drug-likeness (QED) is 0.883. The number of nitrogens with zero attached hydrogens (tertiary/aromatic N) is 3. The summed E-state index contributed by atoms with van der Waals surface area (Å²) in [6.07, 6.45) is 1.53. The van der Waals surface area contributed by atoms with E-state index in [1.807, 2.05) is 12.1 Å². The van der Waals surface area contributed by atoms with Gasteiger partial charge in [-0.2, -0.15) is 0 Å². The molecular formula is C15H16N4O2. The van der Waals surface area contributed by atoms with Crippen molar-refractivity contribution in [2.45, 2.75) is 0 Å². The van der Waals surface area contributed by atoms with E-state index in [4.69, 9.17) is 5.11 Å². The van der Waals surface area contributed by atoms with Gasteiger partial charge >= 0.3 is 5.97 Å². The highest BCUT2D eigenvalue weighted by molar-refractivity contribution is 5.89. The van der Waals surface area contributed by atoms with E-state index >= 15 is 0 Å². The van der Waals surface area contributed by atoms with E-state index in [1.165, 1.54) is 6.33 Å². The van der Waals surface area contributed by atoms with Gasteiger partial charge in [0.05, 0.1) is 11.3 Å². The number of benzene rings is 1. The predicted octanol–water partition coefficient (Wildman–Crippen LogP) is 1.25. The summed E-state index contributed by atoms with van der Waals surface area (Å²) < 4.78 is 0. The van der Waals surface area contributed by atoms with Gasteiger partial charge in [0.25, 0.3) is 0 Å². The van der Waals surface area contributed by atoms with E-state index in [0.717, 1.165) is 43.3 Å². The number of rotatable bonds is 3. The van der Waals surface area contributed by atoms with Crippen LogP contribution in [0.3, 0.4) is 0 Å². The van der Waals surface area contributed by atoms with Crippen molar-refractivity contribution < 1.29 is 9.90 Å². The van der Waals surface area contributed by atoms with Crippen LogP contribution in [0.5, 0.6) is 0 Å². The van der Waals surface area contributed by atoms with Crippen molar-refractivity contribution in [2.24, 2.45) is 0 Å². The molecule has 0 atom stereocenters. The molecule has 0 bridgehead atoms. The first-order chi connectivity index (χ1) is 10.2. The monoisotopic (exact) mass is 284 g/mol. The Labute approximate surface area is 122 Å².